The first kappa shape index (κ1) is 20.9. The van der Waals surface area contributed by atoms with Gasteiger partial charge in [0, 0.05) is 57.6 Å². The molecule has 1 aromatic carbocycles. The normalized spacial score (nSPS) is 18.7. The first-order valence-corrected chi connectivity index (χ1v) is 8.69. The van der Waals surface area contributed by atoms with Gasteiger partial charge in [-0.3, -0.25) is 14.3 Å². The van der Waals surface area contributed by atoms with Gasteiger partial charge in [-0.05, 0) is 30.2 Å². The van der Waals surface area contributed by atoms with Crippen LogP contribution in [0.2, 0.25) is 0 Å². The fraction of sp³-hybridized carbons (Fsp3) is 0.421. The molecule has 1 fully saturated rings. The van der Waals surface area contributed by atoms with E-state index in [0.717, 1.165) is 17.7 Å². The monoisotopic (exact) mass is 391 g/mol. The number of carbonyl (C=O) groups is 2. The van der Waals surface area contributed by atoms with Crippen LogP contribution in [0.1, 0.15) is 27.4 Å². The Morgan fingerprint density at radius 2 is 2.04 bits per heavy atom. The van der Waals surface area contributed by atoms with Crippen LogP contribution in [-0.4, -0.2) is 53.7 Å². The molecule has 1 saturated heterocycles. The van der Waals surface area contributed by atoms with Gasteiger partial charge in [-0.15, -0.1) is 12.4 Å². The predicted molar refractivity (Wildman–Crippen MR) is 107 cm³/mol. The molecule has 0 aliphatic carbocycles. The Labute approximate surface area is 165 Å². The van der Waals surface area contributed by atoms with E-state index in [1.807, 2.05) is 38.5 Å². The zero-order valence-electron chi connectivity index (χ0n) is 16.0. The molecule has 1 aliphatic heterocycles. The van der Waals surface area contributed by atoms with Crippen LogP contribution in [0.5, 0.6) is 0 Å². The highest BCUT2D eigenvalue weighted by Gasteiger charge is 2.34. The van der Waals surface area contributed by atoms with Crippen LogP contribution in [-0.2, 0) is 11.8 Å². The summed E-state index contributed by atoms with van der Waals surface area (Å²) in [4.78, 5) is 26.7. The average Bonchev–Trinajstić information content (AvgIpc) is 3.24. The Kier molecular flexibility index (Phi) is 6.62. The minimum absolute atomic E-state index is 0. The van der Waals surface area contributed by atoms with Crippen molar-refractivity contribution in [2.75, 3.05) is 32.5 Å². The molecule has 2 amide bonds. The number of aryl methyl sites for hydroxylation is 2. The third-order valence-electron chi connectivity index (χ3n) is 4.85. The number of nitrogens with zero attached hydrogens (tertiary/aromatic N) is 3. The van der Waals surface area contributed by atoms with Crippen LogP contribution < -0.4 is 10.6 Å². The molecule has 2 N–H and O–H groups in total. The van der Waals surface area contributed by atoms with Crippen molar-refractivity contribution in [1.82, 2.24) is 20.0 Å². The number of anilines is 1. The molecule has 27 heavy (non-hydrogen) atoms. The van der Waals surface area contributed by atoms with E-state index in [-0.39, 0.29) is 36.1 Å². The SMILES string of the molecule is Cc1ccc(NC(=O)[C@H]2CNC[C@@H]2c2cnn(C)c2)cc1C(=O)N(C)C.Cl. The minimum atomic E-state index is -0.173. The van der Waals surface area contributed by atoms with Gasteiger partial charge >= 0.3 is 0 Å². The summed E-state index contributed by atoms with van der Waals surface area (Å²) in [6, 6.07) is 5.44. The summed E-state index contributed by atoms with van der Waals surface area (Å²) in [5.74, 6) is -0.198. The van der Waals surface area contributed by atoms with Crippen LogP contribution in [0.3, 0.4) is 0 Å². The molecule has 0 unspecified atom stereocenters. The molecule has 146 valence electrons. The van der Waals surface area contributed by atoms with Crippen LogP contribution in [0.25, 0.3) is 0 Å². The highest BCUT2D eigenvalue weighted by Crippen LogP contribution is 2.29. The summed E-state index contributed by atoms with van der Waals surface area (Å²) in [5.41, 5.74) is 3.19. The van der Waals surface area contributed by atoms with Crippen molar-refractivity contribution in [1.29, 1.82) is 0 Å². The maximum absolute atomic E-state index is 12.8. The van der Waals surface area contributed by atoms with E-state index in [1.54, 1.807) is 24.8 Å². The number of rotatable bonds is 4. The van der Waals surface area contributed by atoms with Crippen molar-refractivity contribution >= 4 is 29.9 Å². The van der Waals surface area contributed by atoms with Gasteiger partial charge in [-0.25, -0.2) is 0 Å². The average molecular weight is 392 g/mol. The van der Waals surface area contributed by atoms with E-state index in [0.29, 0.717) is 17.8 Å². The van der Waals surface area contributed by atoms with Crippen LogP contribution in [0.4, 0.5) is 5.69 Å². The summed E-state index contributed by atoms with van der Waals surface area (Å²) >= 11 is 0. The molecule has 0 bridgehead atoms. The van der Waals surface area contributed by atoms with Gasteiger partial charge in [0.1, 0.15) is 0 Å². The van der Waals surface area contributed by atoms with Crippen molar-refractivity contribution in [2.45, 2.75) is 12.8 Å². The van der Waals surface area contributed by atoms with Gasteiger partial charge in [0.05, 0.1) is 12.1 Å². The molecular formula is C19H26ClN5O2. The van der Waals surface area contributed by atoms with Gasteiger partial charge in [0.15, 0.2) is 0 Å². The fourth-order valence-electron chi connectivity index (χ4n) is 3.34. The molecule has 0 radical (unpaired) electrons. The Balaban J connectivity index is 0.00000261. The second kappa shape index (κ2) is 8.54. The number of aromatic nitrogens is 2. The molecule has 2 atom stereocenters. The summed E-state index contributed by atoms with van der Waals surface area (Å²) in [6.45, 7) is 3.27. The van der Waals surface area contributed by atoms with Crippen LogP contribution >= 0.6 is 12.4 Å². The molecule has 1 aliphatic rings. The maximum atomic E-state index is 12.8. The van der Waals surface area contributed by atoms with Crippen molar-refractivity contribution in [3.63, 3.8) is 0 Å². The predicted octanol–water partition coefficient (Wildman–Crippen LogP) is 1.79. The van der Waals surface area contributed by atoms with Crippen LogP contribution in [0.15, 0.2) is 30.6 Å². The molecule has 1 aromatic heterocycles. The number of amides is 2. The molecule has 0 saturated carbocycles. The lowest BCUT2D eigenvalue weighted by atomic mass is 9.90. The van der Waals surface area contributed by atoms with Crippen molar-refractivity contribution < 1.29 is 9.59 Å². The third kappa shape index (κ3) is 4.48. The lowest BCUT2D eigenvalue weighted by Gasteiger charge is -2.18. The molecule has 8 heteroatoms. The number of benzene rings is 1. The van der Waals surface area contributed by atoms with Crippen molar-refractivity contribution in [3.8, 4) is 0 Å². The van der Waals surface area contributed by atoms with Gasteiger partial charge < -0.3 is 15.5 Å². The zero-order chi connectivity index (χ0) is 18.8. The molecule has 2 heterocycles. The Morgan fingerprint density at radius 3 is 2.67 bits per heavy atom. The number of carbonyl (C=O) groups excluding carboxylic acids is 2. The number of halogens is 1. The topological polar surface area (TPSA) is 79.3 Å². The molecule has 3 rings (SSSR count). The first-order valence-electron chi connectivity index (χ1n) is 8.69. The van der Waals surface area contributed by atoms with E-state index in [9.17, 15) is 9.59 Å². The van der Waals surface area contributed by atoms with Gasteiger partial charge in [0.2, 0.25) is 5.91 Å². The van der Waals surface area contributed by atoms with E-state index in [4.69, 9.17) is 0 Å². The smallest absolute Gasteiger partial charge is 0.253 e. The molecule has 2 aromatic rings. The van der Waals surface area contributed by atoms with Gasteiger partial charge in [-0.2, -0.15) is 5.10 Å². The minimum Gasteiger partial charge on any atom is -0.345 e. The van der Waals surface area contributed by atoms with Crippen LogP contribution in [0, 0.1) is 12.8 Å². The lowest BCUT2D eigenvalue weighted by Crippen LogP contribution is -2.28. The molecule has 0 spiro atoms. The van der Waals surface area contributed by atoms with Gasteiger partial charge in [-0.1, -0.05) is 6.07 Å². The number of nitrogens with one attached hydrogen (secondary N) is 2. The second-order valence-electron chi connectivity index (χ2n) is 7.04. The van der Waals surface area contributed by atoms with E-state index < -0.39 is 0 Å². The van der Waals surface area contributed by atoms with Crippen molar-refractivity contribution in [3.05, 3.63) is 47.3 Å². The van der Waals surface area contributed by atoms with E-state index >= 15 is 0 Å². The second-order valence-corrected chi connectivity index (χ2v) is 7.04. The fourth-order valence-corrected chi connectivity index (χ4v) is 3.34. The molecular weight excluding hydrogens is 366 g/mol. The zero-order valence-corrected chi connectivity index (χ0v) is 16.8. The van der Waals surface area contributed by atoms with E-state index in [1.165, 1.54) is 4.90 Å². The largest absolute Gasteiger partial charge is 0.345 e. The Bertz CT molecular complexity index is 833. The standard InChI is InChI=1S/C19H25N5O2.ClH/c1-12-5-6-14(7-15(12)19(26)23(2)3)22-18(25)17-10-20-9-16(17)13-8-21-24(4)11-13;/h5-8,11,16-17,20H,9-10H2,1-4H3,(H,22,25);1H/t16-,17+;/m1./s1. The summed E-state index contributed by atoms with van der Waals surface area (Å²) < 4.78 is 1.75. The number of hydrogen-bond acceptors (Lipinski definition) is 4. The summed E-state index contributed by atoms with van der Waals surface area (Å²) in [5, 5.41) is 10.5. The molecule has 7 nitrogen and oxygen atoms in total. The Morgan fingerprint density at radius 1 is 1.30 bits per heavy atom. The highest BCUT2D eigenvalue weighted by atomic mass is 35.5. The lowest BCUT2D eigenvalue weighted by molar-refractivity contribution is -0.119. The Hall–Kier alpha value is -2.38. The van der Waals surface area contributed by atoms with E-state index in [2.05, 4.69) is 15.7 Å². The van der Waals surface area contributed by atoms with Crippen molar-refractivity contribution in [2.24, 2.45) is 13.0 Å². The summed E-state index contributed by atoms with van der Waals surface area (Å²) in [7, 11) is 5.31. The first-order chi connectivity index (χ1) is 12.4. The van der Waals surface area contributed by atoms with Gasteiger partial charge in [0.25, 0.3) is 5.91 Å². The third-order valence-corrected chi connectivity index (χ3v) is 4.85. The quantitative estimate of drug-likeness (QED) is 0.832. The maximum Gasteiger partial charge on any atom is 0.253 e. The summed E-state index contributed by atoms with van der Waals surface area (Å²) in [6.07, 6.45) is 3.77. The highest BCUT2D eigenvalue weighted by molar-refractivity contribution is 5.98. The number of hydrogen-bond donors (Lipinski definition) is 2.